The fraction of sp³-hybridized carbons (Fsp3) is 0.500. The summed E-state index contributed by atoms with van der Waals surface area (Å²) < 4.78 is 33.5. The third-order valence-corrected chi connectivity index (χ3v) is 4.54. The number of hydrogen-bond acceptors (Lipinski definition) is 5. The maximum atomic E-state index is 12.4. The Hall–Kier alpha value is -1.64. The van der Waals surface area contributed by atoms with Crippen molar-refractivity contribution in [3.63, 3.8) is 0 Å². The van der Waals surface area contributed by atoms with Crippen LogP contribution in [0.4, 0.5) is 0 Å². The van der Waals surface area contributed by atoms with Crippen molar-refractivity contribution in [3.05, 3.63) is 23.8 Å². The van der Waals surface area contributed by atoms with Gasteiger partial charge in [0.25, 0.3) is 5.91 Å². The molecule has 0 aromatic heterocycles. The highest BCUT2D eigenvalue weighted by atomic mass is 32.2. The fourth-order valence-corrected chi connectivity index (χ4v) is 2.96. The lowest BCUT2D eigenvalue weighted by Gasteiger charge is -2.20. The van der Waals surface area contributed by atoms with E-state index in [9.17, 15) is 13.2 Å². The monoisotopic (exact) mass is 328 g/mol. The minimum atomic E-state index is -3.89. The first-order valence-electron chi connectivity index (χ1n) is 6.96. The van der Waals surface area contributed by atoms with E-state index in [4.69, 9.17) is 14.6 Å². The van der Waals surface area contributed by atoms with Crippen LogP contribution in [0.1, 0.15) is 30.1 Å². The van der Waals surface area contributed by atoms with Gasteiger partial charge in [-0.2, -0.15) is 0 Å². The van der Waals surface area contributed by atoms with Crippen LogP contribution < -0.4 is 15.2 Å². The van der Waals surface area contributed by atoms with Gasteiger partial charge in [0.05, 0.1) is 29.7 Å². The van der Waals surface area contributed by atoms with Gasteiger partial charge in [-0.05, 0) is 38.0 Å². The van der Waals surface area contributed by atoms with Crippen LogP contribution in [0.3, 0.4) is 0 Å². The van der Waals surface area contributed by atoms with E-state index in [1.54, 1.807) is 0 Å². The zero-order valence-electron chi connectivity index (χ0n) is 12.5. The van der Waals surface area contributed by atoms with E-state index in [-0.39, 0.29) is 28.4 Å². The van der Waals surface area contributed by atoms with Crippen LogP contribution in [0.2, 0.25) is 0 Å². The number of ether oxygens (including phenoxy) is 2. The number of methoxy groups -OCH3 is 1. The van der Waals surface area contributed by atoms with Gasteiger partial charge in [0, 0.05) is 6.61 Å². The predicted molar refractivity (Wildman–Crippen MR) is 80.3 cm³/mol. The maximum Gasteiger partial charge on any atom is 0.255 e. The molecule has 1 saturated heterocycles. The molecular formula is C14H20N2O5S. The second kappa shape index (κ2) is 6.64. The highest BCUT2D eigenvalue weighted by molar-refractivity contribution is 7.89. The number of carbonyl (C=O) groups is 1. The molecule has 7 nitrogen and oxygen atoms in total. The molecule has 1 aromatic rings. The molecule has 1 fully saturated rings. The van der Waals surface area contributed by atoms with Gasteiger partial charge in [0.1, 0.15) is 5.75 Å². The van der Waals surface area contributed by atoms with Crippen LogP contribution in [0, 0.1) is 0 Å². The summed E-state index contributed by atoms with van der Waals surface area (Å²) in [6.07, 6.45) is 1.82. The van der Waals surface area contributed by atoms with Gasteiger partial charge in [0.2, 0.25) is 10.0 Å². The van der Waals surface area contributed by atoms with E-state index < -0.39 is 15.9 Å². The third-order valence-electron chi connectivity index (χ3n) is 3.63. The molecule has 22 heavy (non-hydrogen) atoms. The molecule has 122 valence electrons. The third kappa shape index (κ3) is 3.76. The highest BCUT2D eigenvalue weighted by Crippen LogP contribution is 2.23. The Labute approximate surface area is 129 Å². The number of primary sulfonamides is 1. The molecule has 3 N–H and O–H groups in total. The number of rotatable bonds is 5. The van der Waals surface area contributed by atoms with E-state index >= 15 is 0 Å². The zero-order chi connectivity index (χ0) is 16.3. The average molecular weight is 328 g/mol. The number of hydrogen-bond donors (Lipinski definition) is 2. The molecule has 1 aromatic carbocycles. The number of nitrogens with one attached hydrogen (secondary N) is 1. The second-order valence-corrected chi connectivity index (χ2v) is 6.78. The molecule has 0 bridgehead atoms. The number of amides is 1. The van der Waals surface area contributed by atoms with Gasteiger partial charge in [-0.15, -0.1) is 0 Å². The molecule has 0 unspecified atom stereocenters. The van der Waals surface area contributed by atoms with Crippen LogP contribution >= 0.6 is 0 Å². The average Bonchev–Trinajstić information content (AvgIpc) is 2.99. The predicted octanol–water partition coefficient (Wildman–Crippen LogP) is 0.640. The summed E-state index contributed by atoms with van der Waals surface area (Å²) >= 11 is 0. The van der Waals surface area contributed by atoms with E-state index in [1.165, 1.54) is 25.3 Å². The summed E-state index contributed by atoms with van der Waals surface area (Å²) in [6, 6.07) is 3.74. The van der Waals surface area contributed by atoms with Gasteiger partial charge >= 0.3 is 0 Å². The van der Waals surface area contributed by atoms with Crippen molar-refractivity contribution in [2.45, 2.75) is 36.8 Å². The van der Waals surface area contributed by atoms with Crippen molar-refractivity contribution in [1.82, 2.24) is 5.32 Å². The van der Waals surface area contributed by atoms with Gasteiger partial charge in [-0.3, -0.25) is 4.79 Å². The Morgan fingerprint density at radius 1 is 1.50 bits per heavy atom. The summed E-state index contributed by atoms with van der Waals surface area (Å²) in [4.78, 5) is 12.3. The molecule has 1 heterocycles. The molecule has 0 aliphatic carbocycles. The van der Waals surface area contributed by atoms with Gasteiger partial charge < -0.3 is 14.8 Å². The number of nitrogens with two attached hydrogens (primary N) is 1. The Balaban J connectivity index is 2.23. The molecule has 0 spiro atoms. The highest BCUT2D eigenvalue weighted by Gasteiger charge is 2.25. The first kappa shape index (κ1) is 16.7. The van der Waals surface area contributed by atoms with E-state index in [1.807, 2.05) is 6.92 Å². The summed E-state index contributed by atoms with van der Waals surface area (Å²) in [6.45, 7) is 2.54. The van der Waals surface area contributed by atoms with Gasteiger partial charge in [-0.1, -0.05) is 0 Å². The Morgan fingerprint density at radius 2 is 2.23 bits per heavy atom. The molecule has 1 aliphatic rings. The van der Waals surface area contributed by atoms with Crippen LogP contribution in [-0.4, -0.2) is 40.2 Å². The Kier molecular flexibility index (Phi) is 5.05. The summed E-state index contributed by atoms with van der Waals surface area (Å²) in [5.41, 5.74) is 0.124. The Morgan fingerprint density at radius 3 is 2.77 bits per heavy atom. The lowest BCUT2D eigenvalue weighted by atomic mass is 10.1. The molecule has 0 saturated carbocycles. The van der Waals surface area contributed by atoms with Crippen molar-refractivity contribution in [2.24, 2.45) is 5.14 Å². The number of carbonyl (C=O) groups excluding carboxylic acids is 1. The minimum Gasteiger partial charge on any atom is -0.496 e. The summed E-state index contributed by atoms with van der Waals surface area (Å²) in [5, 5.41) is 7.91. The van der Waals surface area contributed by atoms with Crippen molar-refractivity contribution in [3.8, 4) is 5.75 Å². The van der Waals surface area contributed by atoms with Crippen molar-refractivity contribution in [1.29, 1.82) is 0 Å². The van der Waals surface area contributed by atoms with E-state index in [0.29, 0.717) is 6.61 Å². The molecule has 2 rings (SSSR count). The quantitative estimate of drug-likeness (QED) is 0.824. The topological polar surface area (TPSA) is 108 Å². The lowest BCUT2D eigenvalue weighted by molar-refractivity contribution is 0.0710. The fourth-order valence-electron chi connectivity index (χ4n) is 2.42. The van der Waals surface area contributed by atoms with Gasteiger partial charge in [-0.25, -0.2) is 13.6 Å². The first-order valence-corrected chi connectivity index (χ1v) is 8.51. The van der Waals surface area contributed by atoms with Crippen molar-refractivity contribution in [2.75, 3.05) is 13.7 Å². The molecule has 0 radical (unpaired) electrons. The van der Waals surface area contributed by atoms with Crippen molar-refractivity contribution < 1.29 is 22.7 Å². The minimum absolute atomic E-state index is 0.0311. The van der Waals surface area contributed by atoms with E-state index in [0.717, 1.165) is 12.8 Å². The normalized spacial score (nSPS) is 19.7. The maximum absolute atomic E-state index is 12.4. The van der Waals surface area contributed by atoms with Crippen LogP contribution in [0.25, 0.3) is 0 Å². The number of sulfonamides is 1. The summed E-state index contributed by atoms with van der Waals surface area (Å²) in [5.74, 6) is -0.144. The first-order chi connectivity index (χ1) is 10.3. The second-order valence-electron chi connectivity index (χ2n) is 5.22. The van der Waals surface area contributed by atoms with E-state index in [2.05, 4.69) is 5.32 Å². The molecule has 1 amide bonds. The lowest BCUT2D eigenvalue weighted by Crippen LogP contribution is -2.41. The Bertz CT molecular complexity index is 653. The van der Waals surface area contributed by atoms with Crippen LogP contribution in [0.5, 0.6) is 5.75 Å². The molecular weight excluding hydrogens is 308 g/mol. The van der Waals surface area contributed by atoms with Gasteiger partial charge in [0.15, 0.2) is 0 Å². The number of benzene rings is 1. The van der Waals surface area contributed by atoms with Crippen LogP contribution in [-0.2, 0) is 14.8 Å². The van der Waals surface area contributed by atoms with Crippen molar-refractivity contribution >= 4 is 15.9 Å². The molecule has 8 heteroatoms. The molecule has 2 atom stereocenters. The SMILES string of the molecule is COc1ccc(S(N)(=O)=O)cc1C(=O)N[C@H](C)[C@H]1CCCO1. The molecule has 1 aliphatic heterocycles. The largest absolute Gasteiger partial charge is 0.496 e. The van der Waals surface area contributed by atoms with Crippen LogP contribution in [0.15, 0.2) is 23.1 Å². The summed E-state index contributed by atoms with van der Waals surface area (Å²) in [7, 11) is -2.48. The standard InChI is InChI=1S/C14H20N2O5S/c1-9(12-4-3-7-21-12)16-14(17)11-8-10(22(15,18)19)5-6-13(11)20-2/h5-6,8-9,12H,3-4,7H2,1-2H3,(H,16,17)(H2,15,18,19)/t9-,12-/m1/s1. The zero-order valence-corrected chi connectivity index (χ0v) is 13.4. The smallest absolute Gasteiger partial charge is 0.255 e.